The summed E-state index contributed by atoms with van der Waals surface area (Å²) in [6.45, 7) is 5.66. The van der Waals surface area contributed by atoms with E-state index in [0.717, 1.165) is 32.8 Å². The number of hydrogen-bond donors (Lipinski definition) is 3. The number of aliphatic hydroxyl groups is 1. The standard InChI is InChI=1S/C20H21N3O2S/c1-13-4-9-17(19-18(13)14(10-21)11-22-19)23-26-16-7-5-15(6-8-16)25-12-20(2,3)24/h4-9,11,22-24H,12H2,1-3H3. The first-order chi connectivity index (χ1) is 12.4. The van der Waals surface area contributed by atoms with Crippen molar-refractivity contribution in [2.24, 2.45) is 0 Å². The zero-order valence-electron chi connectivity index (χ0n) is 15.0. The topological polar surface area (TPSA) is 81.1 Å². The highest BCUT2D eigenvalue weighted by Gasteiger charge is 2.13. The molecule has 3 N–H and O–H groups in total. The minimum Gasteiger partial charge on any atom is -0.491 e. The van der Waals surface area contributed by atoms with Crippen molar-refractivity contribution in [1.29, 1.82) is 5.26 Å². The molecule has 5 nitrogen and oxygen atoms in total. The highest BCUT2D eigenvalue weighted by Crippen LogP contribution is 2.31. The summed E-state index contributed by atoms with van der Waals surface area (Å²) in [6.07, 6.45) is 1.74. The van der Waals surface area contributed by atoms with Gasteiger partial charge in [-0.15, -0.1) is 0 Å². The van der Waals surface area contributed by atoms with Crippen LogP contribution in [0.15, 0.2) is 47.5 Å². The molecule has 0 aliphatic carbocycles. The molecule has 2 aromatic carbocycles. The van der Waals surface area contributed by atoms with Gasteiger partial charge >= 0.3 is 0 Å². The van der Waals surface area contributed by atoms with Crippen LogP contribution in [0.3, 0.4) is 0 Å². The van der Waals surface area contributed by atoms with E-state index in [1.165, 1.54) is 11.9 Å². The molecular formula is C20H21N3O2S. The van der Waals surface area contributed by atoms with Gasteiger partial charge in [0.2, 0.25) is 0 Å². The Labute approximate surface area is 157 Å². The fourth-order valence-corrected chi connectivity index (χ4v) is 3.24. The second kappa shape index (κ2) is 7.32. The van der Waals surface area contributed by atoms with E-state index >= 15 is 0 Å². The number of hydrogen-bond acceptors (Lipinski definition) is 5. The molecule has 0 radical (unpaired) electrons. The Hall–Kier alpha value is -2.62. The minimum atomic E-state index is -0.857. The van der Waals surface area contributed by atoms with Crippen LogP contribution < -0.4 is 9.46 Å². The van der Waals surface area contributed by atoms with Crippen LogP contribution in [0.1, 0.15) is 25.0 Å². The largest absolute Gasteiger partial charge is 0.491 e. The van der Waals surface area contributed by atoms with E-state index in [1.54, 1.807) is 20.0 Å². The molecule has 0 amide bonds. The monoisotopic (exact) mass is 367 g/mol. The lowest BCUT2D eigenvalue weighted by Gasteiger charge is -2.17. The molecule has 134 valence electrons. The van der Waals surface area contributed by atoms with Crippen LogP contribution in [-0.2, 0) is 0 Å². The molecule has 6 heteroatoms. The molecule has 0 aliphatic rings. The Balaban J connectivity index is 1.70. The fourth-order valence-electron chi connectivity index (χ4n) is 2.57. The first-order valence-corrected chi connectivity index (χ1v) is 9.08. The molecule has 3 aromatic rings. The molecule has 0 saturated heterocycles. The molecule has 0 atom stereocenters. The zero-order chi connectivity index (χ0) is 18.7. The Morgan fingerprint density at radius 2 is 1.96 bits per heavy atom. The Morgan fingerprint density at radius 1 is 1.23 bits per heavy atom. The Kier molecular flexibility index (Phi) is 5.12. The summed E-state index contributed by atoms with van der Waals surface area (Å²) in [6, 6.07) is 13.9. The Morgan fingerprint density at radius 3 is 2.62 bits per heavy atom. The van der Waals surface area contributed by atoms with Crippen LogP contribution in [0.5, 0.6) is 5.75 Å². The lowest BCUT2D eigenvalue weighted by atomic mass is 10.1. The van der Waals surface area contributed by atoms with Gasteiger partial charge in [0.1, 0.15) is 18.4 Å². The number of fused-ring (bicyclic) bond motifs is 1. The van der Waals surface area contributed by atoms with Gasteiger partial charge in [-0.2, -0.15) is 5.26 Å². The minimum absolute atomic E-state index is 0.243. The summed E-state index contributed by atoms with van der Waals surface area (Å²) in [5, 5.41) is 19.9. The predicted octanol–water partition coefficient (Wildman–Crippen LogP) is 4.62. The number of aromatic nitrogens is 1. The van der Waals surface area contributed by atoms with Crippen molar-refractivity contribution < 1.29 is 9.84 Å². The lowest BCUT2D eigenvalue weighted by molar-refractivity contribution is 0.0285. The quantitative estimate of drug-likeness (QED) is 0.554. The summed E-state index contributed by atoms with van der Waals surface area (Å²) in [5.41, 5.74) is 2.73. The molecule has 0 saturated carbocycles. The third kappa shape index (κ3) is 4.13. The van der Waals surface area contributed by atoms with Crippen molar-refractivity contribution in [2.45, 2.75) is 31.3 Å². The van der Waals surface area contributed by atoms with Crippen LogP contribution in [0.25, 0.3) is 10.9 Å². The highest BCUT2D eigenvalue weighted by molar-refractivity contribution is 8.00. The van der Waals surface area contributed by atoms with E-state index in [9.17, 15) is 10.4 Å². The Bertz CT molecular complexity index is 950. The second-order valence-corrected chi connectivity index (χ2v) is 7.65. The van der Waals surface area contributed by atoms with E-state index in [-0.39, 0.29) is 6.61 Å². The number of benzene rings is 2. The van der Waals surface area contributed by atoms with Crippen LogP contribution in [0.4, 0.5) is 5.69 Å². The van der Waals surface area contributed by atoms with Crippen molar-refractivity contribution in [3.63, 3.8) is 0 Å². The van der Waals surface area contributed by atoms with Gasteiger partial charge < -0.3 is 19.5 Å². The van der Waals surface area contributed by atoms with Crippen LogP contribution in [0.2, 0.25) is 0 Å². The maximum Gasteiger partial charge on any atom is 0.119 e. The SMILES string of the molecule is Cc1ccc(NSc2ccc(OCC(C)(C)O)cc2)c2[nH]cc(C#N)c12. The van der Waals surface area contributed by atoms with Crippen LogP contribution in [-0.4, -0.2) is 22.3 Å². The summed E-state index contributed by atoms with van der Waals surface area (Å²) in [5.74, 6) is 0.720. The number of ether oxygens (including phenoxy) is 1. The van der Waals surface area contributed by atoms with Crippen molar-refractivity contribution >= 4 is 28.5 Å². The predicted molar refractivity (Wildman–Crippen MR) is 105 cm³/mol. The van der Waals surface area contributed by atoms with Crippen molar-refractivity contribution in [2.75, 3.05) is 11.3 Å². The van der Waals surface area contributed by atoms with Gasteiger partial charge in [0, 0.05) is 16.5 Å². The molecule has 0 spiro atoms. The van der Waals surface area contributed by atoms with Gasteiger partial charge in [0.25, 0.3) is 0 Å². The second-order valence-electron chi connectivity index (χ2n) is 6.77. The van der Waals surface area contributed by atoms with Crippen LogP contribution in [0, 0.1) is 18.3 Å². The highest BCUT2D eigenvalue weighted by atomic mass is 32.2. The summed E-state index contributed by atoms with van der Waals surface area (Å²) in [7, 11) is 0. The van der Waals surface area contributed by atoms with Crippen molar-refractivity contribution in [3.8, 4) is 11.8 Å². The molecular weight excluding hydrogens is 346 g/mol. The number of rotatable bonds is 6. The maximum absolute atomic E-state index is 9.71. The molecule has 0 bridgehead atoms. The number of nitrogens with one attached hydrogen (secondary N) is 2. The van der Waals surface area contributed by atoms with Gasteiger partial charge in [-0.1, -0.05) is 6.07 Å². The number of nitriles is 1. The summed E-state index contributed by atoms with van der Waals surface area (Å²) < 4.78 is 8.90. The third-order valence-corrected chi connectivity index (χ3v) is 4.69. The van der Waals surface area contributed by atoms with Gasteiger partial charge in [0.15, 0.2) is 0 Å². The third-order valence-electron chi connectivity index (χ3n) is 3.86. The average molecular weight is 367 g/mol. The number of H-pyrrole nitrogens is 1. The summed E-state index contributed by atoms with van der Waals surface area (Å²) in [4.78, 5) is 4.21. The van der Waals surface area contributed by atoms with E-state index in [2.05, 4.69) is 15.8 Å². The molecule has 0 aliphatic heterocycles. The van der Waals surface area contributed by atoms with Gasteiger partial charge in [-0.3, -0.25) is 0 Å². The molecule has 3 rings (SSSR count). The number of anilines is 1. The summed E-state index contributed by atoms with van der Waals surface area (Å²) >= 11 is 1.49. The first-order valence-electron chi connectivity index (χ1n) is 8.26. The van der Waals surface area contributed by atoms with E-state index in [1.807, 2.05) is 43.3 Å². The van der Waals surface area contributed by atoms with E-state index < -0.39 is 5.60 Å². The molecule has 26 heavy (non-hydrogen) atoms. The first kappa shape index (κ1) is 18.2. The van der Waals surface area contributed by atoms with Crippen molar-refractivity contribution in [1.82, 2.24) is 4.98 Å². The number of aryl methyl sites for hydroxylation is 1. The maximum atomic E-state index is 9.71. The fraction of sp³-hybridized carbons (Fsp3) is 0.250. The lowest BCUT2D eigenvalue weighted by Crippen LogP contribution is -2.27. The zero-order valence-corrected chi connectivity index (χ0v) is 15.8. The van der Waals surface area contributed by atoms with Gasteiger partial charge in [-0.05, 0) is 68.6 Å². The van der Waals surface area contributed by atoms with Crippen LogP contribution >= 0.6 is 11.9 Å². The van der Waals surface area contributed by atoms with Gasteiger partial charge in [-0.25, -0.2) is 0 Å². The average Bonchev–Trinajstić information content (AvgIpc) is 3.05. The number of aromatic amines is 1. The van der Waals surface area contributed by atoms with E-state index in [4.69, 9.17) is 4.74 Å². The van der Waals surface area contributed by atoms with Gasteiger partial charge in [0.05, 0.1) is 22.4 Å². The smallest absolute Gasteiger partial charge is 0.119 e. The molecule has 1 aromatic heterocycles. The normalized spacial score (nSPS) is 11.3. The molecule has 0 fully saturated rings. The number of nitrogens with zero attached hydrogens (tertiary/aromatic N) is 1. The van der Waals surface area contributed by atoms with E-state index in [0.29, 0.717) is 5.56 Å². The van der Waals surface area contributed by atoms with Crippen molar-refractivity contribution in [3.05, 3.63) is 53.7 Å². The molecule has 1 heterocycles. The molecule has 0 unspecified atom stereocenters.